The molecule has 1 fully saturated rings. The van der Waals surface area contributed by atoms with E-state index in [-0.39, 0.29) is 35.3 Å². The summed E-state index contributed by atoms with van der Waals surface area (Å²) in [4.78, 5) is 28.3. The second-order valence-corrected chi connectivity index (χ2v) is 6.88. The summed E-state index contributed by atoms with van der Waals surface area (Å²) in [5.41, 5.74) is -0.145. The standard InChI is InChI=1S/C20H20ClFN2O4/c1-13(28-15-7-5-14(25)6-8-15)19(26)23-9-11-24(12-10-23)20(27)18-16(21)3-2-4-17(18)22/h2-8,13,25H,9-12H2,1H3. The largest absolute Gasteiger partial charge is 0.508 e. The van der Waals surface area contributed by atoms with Crippen LogP contribution in [0.4, 0.5) is 4.39 Å². The number of nitrogens with zero attached hydrogens (tertiary/aromatic N) is 2. The van der Waals surface area contributed by atoms with Crippen LogP contribution in [0.2, 0.25) is 5.02 Å². The number of carbonyl (C=O) groups is 2. The number of phenolic OH excluding ortho intramolecular Hbond substituents is 1. The van der Waals surface area contributed by atoms with Gasteiger partial charge >= 0.3 is 0 Å². The van der Waals surface area contributed by atoms with Crippen molar-refractivity contribution >= 4 is 23.4 Å². The number of piperazine rings is 1. The van der Waals surface area contributed by atoms with Crippen molar-refractivity contribution in [1.29, 1.82) is 0 Å². The first-order valence-corrected chi connectivity index (χ1v) is 9.22. The molecule has 1 unspecified atom stereocenters. The zero-order valence-electron chi connectivity index (χ0n) is 15.3. The lowest BCUT2D eigenvalue weighted by Crippen LogP contribution is -2.53. The molecule has 28 heavy (non-hydrogen) atoms. The average Bonchev–Trinajstić information content (AvgIpc) is 2.69. The number of benzene rings is 2. The van der Waals surface area contributed by atoms with Crippen molar-refractivity contribution in [3.05, 3.63) is 58.9 Å². The normalized spacial score (nSPS) is 15.2. The molecule has 0 aromatic heterocycles. The fourth-order valence-electron chi connectivity index (χ4n) is 3.03. The summed E-state index contributed by atoms with van der Waals surface area (Å²) >= 11 is 5.97. The van der Waals surface area contributed by atoms with Crippen LogP contribution in [-0.4, -0.2) is 59.0 Å². The molecule has 0 radical (unpaired) electrons. The number of hydrogen-bond donors (Lipinski definition) is 1. The monoisotopic (exact) mass is 406 g/mol. The predicted octanol–water partition coefficient (Wildman–Crippen LogP) is 2.94. The molecule has 8 heteroatoms. The smallest absolute Gasteiger partial charge is 0.263 e. The van der Waals surface area contributed by atoms with Gasteiger partial charge in [0.2, 0.25) is 0 Å². The van der Waals surface area contributed by atoms with Gasteiger partial charge in [-0.15, -0.1) is 0 Å². The Morgan fingerprint density at radius 1 is 1.07 bits per heavy atom. The Morgan fingerprint density at radius 3 is 2.29 bits per heavy atom. The summed E-state index contributed by atoms with van der Waals surface area (Å²) in [6.07, 6.45) is -0.715. The fraction of sp³-hybridized carbons (Fsp3) is 0.300. The van der Waals surface area contributed by atoms with Gasteiger partial charge in [0, 0.05) is 26.2 Å². The second kappa shape index (κ2) is 8.48. The maximum absolute atomic E-state index is 14.0. The van der Waals surface area contributed by atoms with Crippen LogP contribution < -0.4 is 4.74 Å². The first-order chi connectivity index (χ1) is 13.4. The molecule has 1 saturated heterocycles. The van der Waals surface area contributed by atoms with E-state index in [1.54, 1.807) is 24.0 Å². The molecule has 0 bridgehead atoms. The summed E-state index contributed by atoms with van der Waals surface area (Å²) in [5.74, 6) is -0.761. The highest BCUT2D eigenvalue weighted by Gasteiger charge is 2.30. The zero-order chi connectivity index (χ0) is 20.3. The molecule has 0 spiro atoms. The molecule has 1 N–H and O–H groups in total. The van der Waals surface area contributed by atoms with Crippen molar-refractivity contribution in [2.45, 2.75) is 13.0 Å². The van der Waals surface area contributed by atoms with Crippen molar-refractivity contribution < 1.29 is 23.8 Å². The van der Waals surface area contributed by atoms with Crippen LogP contribution in [0.15, 0.2) is 42.5 Å². The second-order valence-electron chi connectivity index (χ2n) is 6.47. The molecule has 2 amide bonds. The molecule has 1 heterocycles. The summed E-state index contributed by atoms with van der Waals surface area (Å²) in [6.45, 7) is 2.84. The lowest BCUT2D eigenvalue weighted by atomic mass is 10.1. The minimum Gasteiger partial charge on any atom is -0.508 e. The maximum atomic E-state index is 14.0. The summed E-state index contributed by atoms with van der Waals surface area (Å²) in [7, 11) is 0. The molecular formula is C20H20ClFN2O4. The fourth-order valence-corrected chi connectivity index (χ4v) is 3.27. The molecule has 1 aliphatic rings. The van der Waals surface area contributed by atoms with E-state index in [1.165, 1.54) is 35.2 Å². The molecule has 3 rings (SSSR count). The molecule has 1 aliphatic heterocycles. The number of aromatic hydroxyl groups is 1. The van der Waals surface area contributed by atoms with Crippen LogP contribution >= 0.6 is 11.6 Å². The van der Waals surface area contributed by atoms with E-state index in [0.29, 0.717) is 18.8 Å². The van der Waals surface area contributed by atoms with Gasteiger partial charge in [0.05, 0.1) is 10.6 Å². The van der Waals surface area contributed by atoms with Crippen molar-refractivity contribution in [2.75, 3.05) is 26.2 Å². The minimum absolute atomic E-state index is 0.0689. The van der Waals surface area contributed by atoms with Gasteiger partial charge in [-0.05, 0) is 43.3 Å². The highest BCUT2D eigenvalue weighted by Crippen LogP contribution is 2.22. The van der Waals surface area contributed by atoms with Crippen LogP contribution in [-0.2, 0) is 4.79 Å². The Morgan fingerprint density at radius 2 is 1.68 bits per heavy atom. The highest BCUT2D eigenvalue weighted by atomic mass is 35.5. The lowest BCUT2D eigenvalue weighted by molar-refractivity contribution is -0.139. The number of halogens is 2. The highest BCUT2D eigenvalue weighted by molar-refractivity contribution is 6.33. The van der Waals surface area contributed by atoms with Crippen molar-refractivity contribution in [3.63, 3.8) is 0 Å². The van der Waals surface area contributed by atoms with Crippen LogP contribution in [0, 0.1) is 5.82 Å². The van der Waals surface area contributed by atoms with E-state index in [1.807, 2.05) is 0 Å². The van der Waals surface area contributed by atoms with Crippen LogP contribution in [0.1, 0.15) is 17.3 Å². The first kappa shape index (κ1) is 19.9. The number of phenols is 1. The molecule has 148 valence electrons. The Labute approximate surface area is 167 Å². The third-order valence-electron chi connectivity index (χ3n) is 4.55. The maximum Gasteiger partial charge on any atom is 0.263 e. The lowest BCUT2D eigenvalue weighted by Gasteiger charge is -2.36. The molecule has 1 atom stereocenters. The van der Waals surface area contributed by atoms with Gasteiger partial charge in [-0.3, -0.25) is 9.59 Å². The minimum atomic E-state index is -0.715. The average molecular weight is 407 g/mol. The van der Waals surface area contributed by atoms with Crippen molar-refractivity contribution in [1.82, 2.24) is 9.80 Å². The number of ether oxygens (including phenoxy) is 1. The number of hydrogen-bond acceptors (Lipinski definition) is 4. The van der Waals surface area contributed by atoms with E-state index in [0.717, 1.165) is 0 Å². The Kier molecular flexibility index (Phi) is 6.04. The zero-order valence-corrected chi connectivity index (χ0v) is 16.0. The van der Waals surface area contributed by atoms with E-state index >= 15 is 0 Å². The number of amides is 2. The Balaban J connectivity index is 1.57. The SMILES string of the molecule is CC(Oc1ccc(O)cc1)C(=O)N1CCN(C(=O)c2c(F)cccc2Cl)CC1. The van der Waals surface area contributed by atoms with Gasteiger partial charge in [0.1, 0.15) is 17.3 Å². The van der Waals surface area contributed by atoms with Gasteiger partial charge in [-0.1, -0.05) is 17.7 Å². The molecule has 0 saturated carbocycles. The Bertz CT molecular complexity index is 847. The summed E-state index contributed by atoms with van der Waals surface area (Å²) in [5, 5.41) is 9.36. The molecule has 2 aromatic carbocycles. The summed E-state index contributed by atoms with van der Waals surface area (Å²) in [6, 6.07) is 10.2. The molecule has 2 aromatic rings. The van der Waals surface area contributed by atoms with Gasteiger partial charge in [0.25, 0.3) is 11.8 Å². The van der Waals surface area contributed by atoms with Gasteiger partial charge < -0.3 is 19.6 Å². The van der Waals surface area contributed by atoms with Gasteiger partial charge in [-0.2, -0.15) is 0 Å². The van der Waals surface area contributed by atoms with Gasteiger partial charge in [0.15, 0.2) is 6.10 Å². The van der Waals surface area contributed by atoms with Crippen LogP contribution in [0.3, 0.4) is 0 Å². The van der Waals surface area contributed by atoms with E-state index in [4.69, 9.17) is 16.3 Å². The summed E-state index contributed by atoms with van der Waals surface area (Å²) < 4.78 is 19.6. The predicted molar refractivity (Wildman–Crippen MR) is 102 cm³/mol. The van der Waals surface area contributed by atoms with E-state index in [9.17, 15) is 19.1 Å². The first-order valence-electron chi connectivity index (χ1n) is 8.84. The molecule has 0 aliphatic carbocycles. The van der Waals surface area contributed by atoms with E-state index in [2.05, 4.69) is 0 Å². The van der Waals surface area contributed by atoms with Crippen LogP contribution in [0.25, 0.3) is 0 Å². The van der Waals surface area contributed by atoms with Crippen LogP contribution in [0.5, 0.6) is 11.5 Å². The number of rotatable bonds is 4. The molecule has 6 nitrogen and oxygen atoms in total. The van der Waals surface area contributed by atoms with E-state index < -0.39 is 17.8 Å². The van der Waals surface area contributed by atoms with Crippen molar-refractivity contribution in [3.8, 4) is 11.5 Å². The molecular weight excluding hydrogens is 387 g/mol. The number of carbonyl (C=O) groups excluding carboxylic acids is 2. The quantitative estimate of drug-likeness (QED) is 0.847. The third kappa shape index (κ3) is 4.36. The topological polar surface area (TPSA) is 70.1 Å². The Hall–Kier alpha value is -2.80. The third-order valence-corrected chi connectivity index (χ3v) is 4.87. The van der Waals surface area contributed by atoms with Gasteiger partial charge in [-0.25, -0.2) is 4.39 Å². The van der Waals surface area contributed by atoms with Crippen molar-refractivity contribution in [2.24, 2.45) is 0 Å².